The SMILES string of the molecule is O=C(NCc1ccco1)[C@@H]1CN2CC[C@H]1C[C@@H]2Cn1cc(C2(O)CCCCC2)nn1. The van der Waals surface area contributed by atoms with Crippen LogP contribution in [0.15, 0.2) is 29.0 Å². The molecule has 162 valence electrons. The third-order valence-corrected chi connectivity index (χ3v) is 7.33. The molecule has 4 aliphatic rings. The lowest BCUT2D eigenvalue weighted by Gasteiger charge is -2.49. The lowest BCUT2D eigenvalue weighted by Crippen LogP contribution is -2.58. The molecular weight excluding hydrogens is 382 g/mol. The number of hydrogen-bond acceptors (Lipinski definition) is 6. The first kappa shape index (κ1) is 19.8. The van der Waals surface area contributed by atoms with Crippen molar-refractivity contribution in [3.8, 4) is 0 Å². The Labute approximate surface area is 176 Å². The number of furan rings is 1. The number of amides is 1. The highest BCUT2D eigenvalue weighted by atomic mass is 16.3. The minimum Gasteiger partial charge on any atom is -0.467 e. The summed E-state index contributed by atoms with van der Waals surface area (Å²) in [6.07, 6.45) is 10.5. The van der Waals surface area contributed by atoms with E-state index in [1.807, 2.05) is 23.0 Å². The van der Waals surface area contributed by atoms with Gasteiger partial charge in [-0.25, -0.2) is 0 Å². The fourth-order valence-electron chi connectivity index (χ4n) is 5.55. The summed E-state index contributed by atoms with van der Waals surface area (Å²) in [4.78, 5) is 15.2. The molecule has 8 nitrogen and oxygen atoms in total. The Kier molecular flexibility index (Phi) is 5.37. The Morgan fingerprint density at radius 1 is 1.33 bits per heavy atom. The molecule has 3 aliphatic heterocycles. The van der Waals surface area contributed by atoms with E-state index >= 15 is 0 Å². The van der Waals surface area contributed by atoms with E-state index in [1.165, 1.54) is 6.42 Å². The number of carbonyl (C=O) groups is 1. The van der Waals surface area contributed by atoms with Crippen LogP contribution in [0.4, 0.5) is 0 Å². The third kappa shape index (κ3) is 3.90. The van der Waals surface area contributed by atoms with Gasteiger partial charge in [-0.3, -0.25) is 14.4 Å². The highest BCUT2D eigenvalue weighted by molar-refractivity contribution is 5.79. The van der Waals surface area contributed by atoms with Crippen LogP contribution >= 0.6 is 0 Å². The molecule has 1 saturated carbocycles. The maximum Gasteiger partial charge on any atom is 0.225 e. The van der Waals surface area contributed by atoms with E-state index in [-0.39, 0.29) is 11.8 Å². The zero-order valence-electron chi connectivity index (χ0n) is 17.4. The zero-order chi connectivity index (χ0) is 20.6. The van der Waals surface area contributed by atoms with Gasteiger partial charge in [0.15, 0.2) is 0 Å². The van der Waals surface area contributed by atoms with Gasteiger partial charge in [-0.15, -0.1) is 5.10 Å². The van der Waals surface area contributed by atoms with E-state index in [4.69, 9.17) is 4.42 Å². The monoisotopic (exact) mass is 413 g/mol. The number of carbonyl (C=O) groups excluding carboxylic acids is 1. The summed E-state index contributed by atoms with van der Waals surface area (Å²) < 4.78 is 7.20. The topological polar surface area (TPSA) is 96.4 Å². The van der Waals surface area contributed by atoms with E-state index in [0.717, 1.165) is 63.9 Å². The van der Waals surface area contributed by atoms with E-state index in [2.05, 4.69) is 20.5 Å². The molecule has 30 heavy (non-hydrogen) atoms. The Morgan fingerprint density at radius 2 is 2.20 bits per heavy atom. The molecule has 0 spiro atoms. The predicted molar refractivity (Wildman–Crippen MR) is 109 cm³/mol. The van der Waals surface area contributed by atoms with E-state index in [0.29, 0.717) is 24.2 Å². The Morgan fingerprint density at radius 3 is 2.93 bits per heavy atom. The molecule has 0 radical (unpaired) electrons. The molecule has 8 heteroatoms. The molecule has 0 aromatic carbocycles. The minimum atomic E-state index is -0.806. The summed E-state index contributed by atoms with van der Waals surface area (Å²) in [5.74, 6) is 1.35. The summed E-state index contributed by atoms with van der Waals surface area (Å²) >= 11 is 0. The maximum atomic E-state index is 12.7. The molecule has 1 amide bonds. The van der Waals surface area contributed by atoms with Crippen molar-refractivity contribution in [2.24, 2.45) is 11.8 Å². The molecule has 1 unspecified atom stereocenters. The number of fused-ring (bicyclic) bond motifs is 3. The summed E-state index contributed by atoms with van der Waals surface area (Å²) in [5.41, 5.74) is -0.0900. The smallest absolute Gasteiger partial charge is 0.225 e. The highest BCUT2D eigenvalue weighted by Gasteiger charge is 2.43. The van der Waals surface area contributed by atoms with Gasteiger partial charge in [0.25, 0.3) is 0 Å². The van der Waals surface area contributed by atoms with Crippen molar-refractivity contribution in [3.05, 3.63) is 36.0 Å². The molecule has 4 atom stereocenters. The number of nitrogens with one attached hydrogen (secondary N) is 1. The molecule has 6 rings (SSSR count). The Balaban J connectivity index is 1.18. The van der Waals surface area contributed by atoms with Gasteiger partial charge in [-0.1, -0.05) is 24.5 Å². The van der Waals surface area contributed by atoms with Crippen molar-refractivity contribution in [1.82, 2.24) is 25.2 Å². The van der Waals surface area contributed by atoms with Crippen LogP contribution in [0, 0.1) is 11.8 Å². The zero-order valence-corrected chi connectivity index (χ0v) is 17.4. The van der Waals surface area contributed by atoms with E-state index in [9.17, 15) is 9.90 Å². The Hall–Kier alpha value is -2.19. The second-order valence-corrected chi connectivity index (χ2v) is 9.25. The van der Waals surface area contributed by atoms with Crippen molar-refractivity contribution >= 4 is 5.91 Å². The molecule has 1 aliphatic carbocycles. The molecule has 3 saturated heterocycles. The van der Waals surface area contributed by atoms with Crippen LogP contribution in [-0.4, -0.2) is 50.0 Å². The number of aliphatic hydroxyl groups is 1. The average molecular weight is 414 g/mol. The van der Waals surface area contributed by atoms with Gasteiger partial charge in [0.2, 0.25) is 5.91 Å². The second-order valence-electron chi connectivity index (χ2n) is 9.25. The number of rotatable bonds is 6. The summed E-state index contributed by atoms with van der Waals surface area (Å²) in [6.45, 7) is 3.04. The van der Waals surface area contributed by atoms with Crippen molar-refractivity contribution in [2.75, 3.05) is 13.1 Å². The normalized spacial score (nSPS) is 30.3. The van der Waals surface area contributed by atoms with Crippen molar-refractivity contribution in [2.45, 2.75) is 69.7 Å². The molecular formula is C22H31N5O3. The molecule has 2 N–H and O–H groups in total. The number of aromatic nitrogens is 3. The molecule has 2 aromatic rings. The van der Waals surface area contributed by atoms with Crippen LogP contribution < -0.4 is 5.32 Å². The Bertz CT molecular complexity index is 858. The molecule has 2 bridgehead atoms. The van der Waals surface area contributed by atoms with Crippen molar-refractivity contribution in [3.63, 3.8) is 0 Å². The summed E-state index contributed by atoms with van der Waals surface area (Å²) in [5, 5.41) is 22.6. The van der Waals surface area contributed by atoms with E-state index < -0.39 is 5.60 Å². The lowest BCUT2D eigenvalue weighted by atomic mass is 9.75. The highest BCUT2D eigenvalue weighted by Crippen LogP contribution is 2.38. The number of hydrogen-bond donors (Lipinski definition) is 2. The molecule has 2 aromatic heterocycles. The number of nitrogens with zero attached hydrogens (tertiary/aromatic N) is 4. The predicted octanol–water partition coefficient (Wildman–Crippen LogP) is 2.05. The van der Waals surface area contributed by atoms with Crippen molar-refractivity contribution < 1.29 is 14.3 Å². The van der Waals surface area contributed by atoms with Crippen molar-refractivity contribution in [1.29, 1.82) is 0 Å². The molecule has 4 fully saturated rings. The minimum absolute atomic E-state index is 0.0409. The largest absolute Gasteiger partial charge is 0.467 e. The maximum absolute atomic E-state index is 12.7. The lowest BCUT2D eigenvalue weighted by molar-refractivity contribution is -0.133. The fraction of sp³-hybridized carbons (Fsp3) is 0.682. The third-order valence-electron chi connectivity index (χ3n) is 7.33. The van der Waals surface area contributed by atoms with Gasteiger partial charge in [0.1, 0.15) is 17.1 Å². The van der Waals surface area contributed by atoms with Gasteiger partial charge in [0.05, 0.1) is 31.5 Å². The van der Waals surface area contributed by atoms with Gasteiger partial charge >= 0.3 is 0 Å². The van der Waals surface area contributed by atoms with Crippen LogP contribution in [-0.2, 0) is 23.5 Å². The fourth-order valence-corrected chi connectivity index (χ4v) is 5.55. The first-order valence-electron chi connectivity index (χ1n) is 11.3. The average Bonchev–Trinajstić information content (AvgIpc) is 3.45. The van der Waals surface area contributed by atoms with E-state index in [1.54, 1.807) is 6.26 Å². The van der Waals surface area contributed by atoms with Crippen LogP contribution in [0.3, 0.4) is 0 Å². The van der Waals surface area contributed by atoms with Crippen LogP contribution in [0.1, 0.15) is 56.4 Å². The second kappa shape index (κ2) is 8.15. The summed E-state index contributed by atoms with van der Waals surface area (Å²) in [7, 11) is 0. The summed E-state index contributed by atoms with van der Waals surface area (Å²) in [6, 6.07) is 4.08. The standard InChI is InChI=1S/C22H31N5O3/c28-21(23-12-18-5-4-10-30-18)19-14-26-9-6-16(19)11-17(26)13-27-15-20(24-25-27)22(29)7-2-1-3-8-22/h4-5,10,15-17,19,29H,1-3,6-9,11-14H2,(H,23,28)/t16-,17+,19+/m0/s1. The molecule has 5 heterocycles. The number of piperidine rings is 3. The van der Waals surface area contributed by atoms with Gasteiger partial charge < -0.3 is 14.8 Å². The quantitative estimate of drug-likeness (QED) is 0.752. The van der Waals surface area contributed by atoms with Gasteiger partial charge in [0, 0.05) is 12.6 Å². The first-order valence-corrected chi connectivity index (χ1v) is 11.3. The van der Waals surface area contributed by atoms with Crippen LogP contribution in [0.25, 0.3) is 0 Å². The van der Waals surface area contributed by atoms with Gasteiger partial charge in [-0.05, 0) is 50.3 Å². The van der Waals surface area contributed by atoms with Crippen LogP contribution in [0.2, 0.25) is 0 Å². The van der Waals surface area contributed by atoms with Crippen LogP contribution in [0.5, 0.6) is 0 Å². The van der Waals surface area contributed by atoms with Gasteiger partial charge in [-0.2, -0.15) is 0 Å². The first-order chi connectivity index (χ1) is 14.6.